The molecule has 1 rings (SSSR count). The maximum Gasteiger partial charge on any atom is 0.410 e. The van der Waals surface area contributed by atoms with E-state index in [0.717, 1.165) is 0 Å². The van der Waals surface area contributed by atoms with Crippen LogP contribution in [-0.2, 0) is 9.53 Å². The molecule has 110 valence electrons. The van der Waals surface area contributed by atoms with Crippen LogP contribution < -0.4 is 0 Å². The van der Waals surface area contributed by atoms with Crippen LogP contribution in [0, 0.1) is 5.92 Å². The number of aliphatic hydroxyl groups excluding tert-OH is 1. The van der Waals surface area contributed by atoms with Crippen molar-refractivity contribution < 1.29 is 19.4 Å². The molecule has 1 amide bonds. The number of rotatable bonds is 2. The molecule has 0 radical (unpaired) electrons. The molecule has 1 saturated heterocycles. The number of hydrogen-bond acceptors (Lipinski definition) is 4. The van der Waals surface area contributed by atoms with Crippen LogP contribution in [0.1, 0.15) is 47.0 Å². The highest BCUT2D eigenvalue weighted by atomic mass is 16.6. The number of hydrogen-bond donors (Lipinski definition) is 1. The minimum atomic E-state index is -0.535. The van der Waals surface area contributed by atoms with Crippen LogP contribution in [0.4, 0.5) is 4.79 Å². The topological polar surface area (TPSA) is 66.8 Å². The maximum atomic E-state index is 12.0. The number of Topliss-reactive ketones (excluding diaryl/α,β-unsaturated/α-hetero) is 1. The zero-order chi connectivity index (χ0) is 14.6. The van der Waals surface area contributed by atoms with E-state index in [0.29, 0.717) is 32.4 Å². The van der Waals surface area contributed by atoms with Gasteiger partial charge in [-0.3, -0.25) is 4.79 Å². The van der Waals surface area contributed by atoms with Crippen molar-refractivity contribution in [2.45, 2.75) is 58.7 Å². The van der Waals surface area contributed by atoms with Gasteiger partial charge in [-0.15, -0.1) is 0 Å². The van der Waals surface area contributed by atoms with E-state index < -0.39 is 11.7 Å². The molecule has 0 aromatic rings. The van der Waals surface area contributed by atoms with Gasteiger partial charge in [0, 0.05) is 25.4 Å². The third-order valence-corrected chi connectivity index (χ3v) is 3.02. The summed E-state index contributed by atoms with van der Waals surface area (Å²) in [4.78, 5) is 25.5. The number of carbonyl (C=O) groups excluding carboxylic acids is 2. The summed E-state index contributed by atoms with van der Waals surface area (Å²) in [6.07, 6.45) is 0.619. The molecule has 1 heterocycles. The number of carbonyl (C=O) groups is 2. The van der Waals surface area contributed by atoms with Crippen LogP contribution in [0.2, 0.25) is 0 Å². The Morgan fingerprint density at radius 2 is 2.16 bits per heavy atom. The predicted octanol–water partition coefficient (Wildman–Crippen LogP) is 1.97. The minimum Gasteiger partial charge on any atom is -0.444 e. The average molecular weight is 271 g/mol. The molecule has 0 aliphatic carbocycles. The van der Waals surface area contributed by atoms with Crippen LogP contribution in [-0.4, -0.2) is 46.7 Å². The van der Waals surface area contributed by atoms with Crippen molar-refractivity contribution in [1.82, 2.24) is 4.90 Å². The van der Waals surface area contributed by atoms with Gasteiger partial charge < -0.3 is 14.7 Å². The van der Waals surface area contributed by atoms with Gasteiger partial charge in [0.05, 0.1) is 6.10 Å². The summed E-state index contributed by atoms with van der Waals surface area (Å²) in [7, 11) is 0. The van der Waals surface area contributed by atoms with Gasteiger partial charge in [0.15, 0.2) is 0 Å². The molecule has 1 fully saturated rings. The molecule has 2 unspecified atom stereocenters. The number of ketones is 1. The molecule has 0 bridgehead atoms. The van der Waals surface area contributed by atoms with Gasteiger partial charge in [0.2, 0.25) is 0 Å². The van der Waals surface area contributed by atoms with E-state index >= 15 is 0 Å². The van der Waals surface area contributed by atoms with Gasteiger partial charge in [-0.2, -0.15) is 0 Å². The highest BCUT2D eigenvalue weighted by molar-refractivity contribution is 5.82. The molecule has 19 heavy (non-hydrogen) atoms. The number of aliphatic hydroxyl groups is 1. The third-order valence-electron chi connectivity index (χ3n) is 3.02. The van der Waals surface area contributed by atoms with Gasteiger partial charge in [-0.25, -0.2) is 4.79 Å². The lowest BCUT2D eigenvalue weighted by Crippen LogP contribution is -2.40. The Hall–Kier alpha value is -1.10. The second kappa shape index (κ2) is 6.37. The van der Waals surface area contributed by atoms with Crippen molar-refractivity contribution >= 4 is 11.9 Å². The molecule has 5 nitrogen and oxygen atoms in total. The first-order chi connectivity index (χ1) is 8.69. The van der Waals surface area contributed by atoms with E-state index in [2.05, 4.69) is 0 Å². The number of ether oxygens (including phenoxy) is 1. The summed E-state index contributed by atoms with van der Waals surface area (Å²) in [5, 5.41) is 9.44. The fraction of sp³-hybridized carbons (Fsp3) is 0.857. The number of amides is 1. The highest BCUT2D eigenvalue weighted by Gasteiger charge is 2.30. The molecule has 0 aromatic heterocycles. The third kappa shape index (κ3) is 5.59. The van der Waals surface area contributed by atoms with Gasteiger partial charge in [0.25, 0.3) is 0 Å². The van der Waals surface area contributed by atoms with E-state index in [4.69, 9.17) is 4.74 Å². The fourth-order valence-corrected chi connectivity index (χ4v) is 2.22. The smallest absolute Gasteiger partial charge is 0.410 e. The zero-order valence-corrected chi connectivity index (χ0v) is 12.3. The average Bonchev–Trinajstić information content (AvgIpc) is 2.38. The number of likely N-dealkylation sites (tertiary alicyclic amines) is 1. The van der Waals surface area contributed by atoms with Gasteiger partial charge >= 0.3 is 6.09 Å². The van der Waals surface area contributed by atoms with Crippen molar-refractivity contribution in [1.29, 1.82) is 0 Å². The summed E-state index contributed by atoms with van der Waals surface area (Å²) in [6, 6.07) is 0. The maximum absolute atomic E-state index is 12.0. The van der Waals surface area contributed by atoms with Crippen molar-refractivity contribution in [3.63, 3.8) is 0 Å². The van der Waals surface area contributed by atoms with E-state index in [-0.39, 0.29) is 17.8 Å². The number of nitrogens with zero attached hydrogens (tertiary/aromatic N) is 1. The van der Waals surface area contributed by atoms with E-state index in [1.807, 2.05) is 20.8 Å². The SMILES string of the molecule is CC(O)CC1CN(C(=O)OC(C)(C)C)CCCC1=O. The Labute approximate surface area is 114 Å². The second-order valence-electron chi connectivity index (χ2n) is 6.28. The first kappa shape index (κ1) is 16.0. The largest absolute Gasteiger partial charge is 0.444 e. The lowest BCUT2D eigenvalue weighted by Gasteiger charge is -2.28. The predicted molar refractivity (Wildman–Crippen MR) is 71.8 cm³/mol. The molecule has 1 aliphatic heterocycles. The molecular weight excluding hydrogens is 246 g/mol. The zero-order valence-electron chi connectivity index (χ0n) is 12.3. The van der Waals surface area contributed by atoms with Gasteiger partial charge in [-0.1, -0.05) is 0 Å². The molecule has 1 N–H and O–H groups in total. The molecule has 0 spiro atoms. The quantitative estimate of drug-likeness (QED) is 0.834. The highest BCUT2D eigenvalue weighted by Crippen LogP contribution is 2.20. The van der Waals surface area contributed by atoms with E-state index in [9.17, 15) is 14.7 Å². The Morgan fingerprint density at radius 3 is 2.68 bits per heavy atom. The summed E-state index contributed by atoms with van der Waals surface area (Å²) >= 11 is 0. The lowest BCUT2D eigenvalue weighted by molar-refractivity contribution is -0.123. The van der Waals surface area contributed by atoms with Crippen LogP contribution in [0.5, 0.6) is 0 Å². The van der Waals surface area contributed by atoms with E-state index in [1.54, 1.807) is 11.8 Å². The van der Waals surface area contributed by atoms with Crippen molar-refractivity contribution in [3.05, 3.63) is 0 Å². The van der Waals surface area contributed by atoms with E-state index in [1.165, 1.54) is 0 Å². The van der Waals surface area contributed by atoms with Gasteiger partial charge in [-0.05, 0) is 40.5 Å². The molecule has 0 saturated carbocycles. The Balaban J connectivity index is 2.68. The molecule has 1 aliphatic rings. The van der Waals surface area contributed by atoms with Gasteiger partial charge in [0.1, 0.15) is 11.4 Å². The molecule has 0 aromatic carbocycles. The Morgan fingerprint density at radius 1 is 1.53 bits per heavy atom. The van der Waals surface area contributed by atoms with Crippen LogP contribution in [0.15, 0.2) is 0 Å². The summed E-state index contributed by atoms with van der Waals surface area (Å²) in [5.74, 6) is -0.151. The van der Waals surface area contributed by atoms with Crippen LogP contribution in [0.3, 0.4) is 0 Å². The molecular formula is C14H25NO4. The monoisotopic (exact) mass is 271 g/mol. The van der Waals surface area contributed by atoms with Crippen LogP contribution >= 0.6 is 0 Å². The van der Waals surface area contributed by atoms with Crippen molar-refractivity contribution in [2.24, 2.45) is 5.92 Å². The minimum absolute atomic E-state index is 0.131. The fourth-order valence-electron chi connectivity index (χ4n) is 2.22. The Kier molecular flexibility index (Phi) is 5.35. The normalized spacial score (nSPS) is 22.9. The van der Waals surface area contributed by atoms with Crippen molar-refractivity contribution in [3.8, 4) is 0 Å². The summed E-state index contributed by atoms with van der Waals surface area (Å²) in [5.41, 5.74) is -0.535. The summed E-state index contributed by atoms with van der Waals surface area (Å²) < 4.78 is 5.33. The molecule has 2 atom stereocenters. The first-order valence-corrected chi connectivity index (χ1v) is 6.88. The molecule has 5 heteroatoms. The van der Waals surface area contributed by atoms with Crippen molar-refractivity contribution in [2.75, 3.05) is 13.1 Å². The van der Waals surface area contributed by atoms with Crippen LogP contribution in [0.25, 0.3) is 0 Å². The lowest BCUT2D eigenvalue weighted by atomic mass is 9.95. The summed E-state index contributed by atoms with van der Waals surface area (Å²) in [6.45, 7) is 8.01. The first-order valence-electron chi connectivity index (χ1n) is 6.88. The second-order valence-corrected chi connectivity index (χ2v) is 6.28. The Bertz CT molecular complexity index is 333. The standard InChI is InChI=1S/C14H25NO4/c1-10(16)8-11-9-15(7-5-6-12(11)17)13(18)19-14(2,3)4/h10-11,16H,5-9H2,1-4H3.